The molecule has 5 rings (SSSR count). The molecule has 0 unspecified atom stereocenters. The Hall–Kier alpha value is -3.85. The number of nitro benzene ring substituents is 1. The van der Waals surface area contributed by atoms with Crippen LogP contribution in [0.3, 0.4) is 0 Å². The predicted molar refractivity (Wildman–Crippen MR) is 148 cm³/mol. The van der Waals surface area contributed by atoms with Crippen LogP contribution in [-0.2, 0) is 4.79 Å². The number of aryl methyl sites for hydroxylation is 2. The first-order valence-electron chi connectivity index (χ1n) is 12.3. The van der Waals surface area contributed by atoms with E-state index in [2.05, 4.69) is 4.90 Å². The molecule has 0 radical (unpaired) electrons. The van der Waals surface area contributed by atoms with Crippen LogP contribution in [0, 0.1) is 30.9 Å². The van der Waals surface area contributed by atoms with Crippen molar-refractivity contribution in [1.82, 2.24) is 4.57 Å². The zero-order chi connectivity index (χ0) is 26.3. The van der Waals surface area contributed by atoms with Crippen molar-refractivity contribution in [2.24, 2.45) is 0 Å². The number of thioether (sulfide) groups is 1. The highest BCUT2D eigenvalue weighted by atomic mass is 32.2. The van der Waals surface area contributed by atoms with E-state index >= 15 is 0 Å². The smallest absolute Gasteiger partial charge is 0.298 e. The lowest BCUT2D eigenvalue weighted by molar-refractivity contribution is -0.384. The molecule has 190 valence electrons. The van der Waals surface area contributed by atoms with E-state index in [0.717, 1.165) is 66.6 Å². The van der Waals surface area contributed by atoms with Gasteiger partial charge in [-0.3, -0.25) is 19.7 Å². The van der Waals surface area contributed by atoms with E-state index in [-0.39, 0.29) is 21.8 Å². The van der Waals surface area contributed by atoms with Crippen molar-refractivity contribution in [3.05, 3.63) is 86.1 Å². The number of imide groups is 1. The molecule has 0 spiro atoms. The van der Waals surface area contributed by atoms with Crippen molar-refractivity contribution in [2.45, 2.75) is 40.0 Å². The van der Waals surface area contributed by atoms with Gasteiger partial charge in [0.1, 0.15) is 5.69 Å². The minimum Gasteiger partial charge on any atom is -0.366 e. The number of piperidine rings is 1. The Morgan fingerprint density at radius 3 is 2.27 bits per heavy atom. The number of nitrogens with zero attached hydrogens (tertiary/aromatic N) is 4. The zero-order valence-electron chi connectivity index (χ0n) is 21.1. The molecule has 3 aromatic rings. The van der Waals surface area contributed by atoms with Crippen molar-refractivity contribution in [2.75, 3.05) is 22.9 Å². The monoisotopic (exact) mass is 516 g/mol. The number of nitro groups is 1. The third kappa shape index (κ3) is 4.67. The highest BCUT2D eigenvalue weighted by molar-refractivity contribution is 8.19. The maximum atomic E-state index is 13.1. The lowest BCUT2D eigenvalue weighted by atomic mass is 10.1. The van der Waals surface area contributed by atoms with Gasteiger partial charge in [0.25, 0.3) is 16.8 Å². The highest BCUT2D eigenvalue weighted by Crippen LogP contribution is 2.38. The molecule has 2 saturated heterocycles. The summed E-state index contributed by atoms with van der Waals surface area (Å²) in [5.74, 6) is -0.356. The molecule has 0 bridgehead atoms. The average Bonchev–Trinajstić information content (AvgIpc) is 3.33. The van der Waals surface area contributed by atoms with Crippen LogP contribution in [0.5, 0.6) is 0 Å². The van der Waals surface area contributed by atoms with Crippen LogP contribution in [0.1, 0.15) is 41.8 Å². The predicted octanol–water partition coefficient (Wildman–Crippen LogP) is 6.54. The fourth-order valence-electron chi connectivity index (χ4n) is 5.06. The van der Waals surface area contributed by atoms with Gasteiger partial charge in [0.15, 0.2) is 0 Å². The van der Waals surface area contributed by atoms with E-state index in [1.165, 1.54) is 4.90 Å². The van der Waals surface area contributed by atoms with Gasteiger partial charge in [0, 0.05) is 30.5 Å². The van der Waals surface area contributed by atoms with E-state index < -0.39 is 0 Å². The Kier molecular flexibility index (Phi) is 6.64. The van der Waals surface area contributed by atoms with Crippen molar-refractivity contribution >= 4 is 46.0 Å². The van der Waals surface area contributed by atoms with Crippen LogP contribution >= 0.6 is 11.8 Å². The SMILES string of the molecule is Cc1ccc(N2C(=O)S/C(=C\c3cc(C)n(-c4ccc(N5CCCCC5)c([N+](=O)[O-])c4)c3C)C2=O)cc1. The second kappa shape index (κ2) is 9.89. The van der Waals surface area contributed by atoms with Gasteiger partial charge in [-0.15, -0.1) is 0 Å². The fourth-order valence-corrected chi connectivity index (χ4v) is 5.89. The van der Waals surface area contributed by atoms with Crippen molar-refractivity contribution < 1.29 is 14.5 Å². The van der Waals surface area contributed by atoms with Gasteiger partial charge >= 0.3 is 0 Å². The number of amides is 2. The molecule has 0 aliphatic carbocycles. The Morgan fingerprint density at radius 2 is 1.59 bits per heavy atom. The lowest BCUT2D eigenvalue weighted by Crippen LogP contribution is -2.30. The largest absolute Gasteiger partial charge is 0.366 e. The number of hydrogen-bond donors (Lipinski definition) is 0. The first kappa shape index (κ1) is 24.8. The summed E-state index contributed by atoms with van der Waals surface area (Å²) in [6, 6.07) is 14.6. The third-order valence-corrected chi connectivity index (χ3v) is 7.82. The summed E-state index contributed by atoms with van der Waals surface area (Å²) in [5.41, 5.74) is 5.52. The molecule has 37 heavy (non-hydrogen) atoms. The zero-order valence-corrected chi connectivity index (χ0v) is 21.9. The lowest BCUT2D eigenvalue weighted by Gasteiger charge is -2.28. The summed E-state index contributed by atoms with van der Waals surface area (Å²) in [6.45, 7) is 7.43. The topological polar surface area (TPSA) is 88.7 Å². The van der Waals surface area contributed by atoms with Crippen molar-refractivity contribution in [3.63, 3.8) is 0 Å². The number of rotatable bonds is 5. The van der Waals surface area contributed by atoms with Gasteiger partial charge in [-0.05, 0) is 93.8 Å². The number of benzene rings is 2. The Balaban J connectivity index is 1.48. The molecule has 2 aliphatic rings. The van der Waals surface area contributed by atoms with Gasteiger partial charge in [0.05, 0.1) is 21.2 Å². The molecule has 2 aliphatic heterocycles. The maximum absolute atomic E-state index is 13.1. The number of carbonyl (C=O) groups is 2. The van der Waals surface area contributed by atoms with Gasteiger partial charge in [-0.25, -0.2) is 4.90 Å². The Labute approximate surface area is 219 Å². The van der Waals surface area contributed by atoms with Crippen LogP contribution in [-0.4, -0.2) is 33.7 Å². The molecule has 2 fully saturated rings. The summed E-state index contributed by atoms with van der Waals surface area (Å²) in [7, 11) is 0. The van der Waals surface area contributed by atoms with Crippen LogP contribution in [0.2, 0.25) is 0 Å². The summed E-state index contributed by atoms with van der Waals surface area (Å²) in [5, 5.41) is 11.6. The van der Waals surface area contributed by atoms with Gasteiger partial charge in [-0.2, -0.15) is 0 Å². The number of aromatic nitrogens is 1. The normalized spacial score (nSPS) is 17.2. The molecule has 0 N–H and O–H groups in total. The maximum Gasteiger partial charge on any atom is 0.298 e. The quantitative estimate of drug-likeness (QED) is 0.217. The highest BCUT2D eigenvalue weighted by Gasteiger charge is 2.36. The standard InChI is InChI=1S/C28H28N4O4S/c1-18-7-9-22(10-8-18)31-27(33)26(37-28(31)34)16-21-15-19(2)30(20(21)3)23-11-12-24(25(17-23)32(35)36)29-13-5-4-6-14-29/h7-12,15-17H,4-6,13-14H2,1-3H3/b26-16-. The Bertz CT molecular complexity index is 1440. The molecule has 8 nitrogen and oxygen atoms in total. The van der Waals surface area contributed by atoms with Crippen LogP contribution in [0.15, 0.2) is 53.4 Å². The minimum absolute atomic E-state index is 0.0904. The molecule has 1 aromatic heterocycles. The first-order chi connectivity index (χ1) is 17.7. The summed E-state index contributed by atoms with van der Waals surface area (Å²) in [4.78, 5) is 41.1. The summed E-state index contributed by atoms with van der Waals surface area (Å²) >= 11 is 0.914. The van der Waals surface area contributed by atoms with Gasteiger partial charge in [0.2, 0.25) is 0 Å². The number of carbonyl (C=O) groups excluding carboxylic acids is 2. The van der Waals surface area contributed by atoms with E-state index in [1.807, 2.05) is 55.7 Å². The van der Waals surface area contributed by atoms with Crippen molar-refractivity contribution in [1.29, 1.82) is 0 Å². The van der Waals surface area contributed by atoms with Crippen LogP contribution in [0.4, 0.5) is 21.9 Å². The molecule has 2 amide bonds. The van der Waals surface area contributed by atoms with Gasteiger partial charge in [-0.1, -0.05) is 17.7 Å². The number of anilines is 2. The second-order valence-corrected chi connectivity index (χ2v) is 10.5. The molecular formula is C28H28N4O4S. The van der Waals surface area contributed by atoms with E-state index in [0.29, 0.717) is 22.0 Å². The third-order valence-electron chi connectivity index (χ3n) is 6.95. The minimum atomic E-state index is -0.356. The molecule has 9 heteroatoms. The molecule has 2 aromatic carbocycles. The van der Waals surface area contributed by atoms with E-state index in [4.69, 9.17) is 0 Å². The van der Waals surface area contributed by atoms with Crippen LogP contribution < -0.4 is 9.80 Å². The van der Waals surface area contributed by atoms with Gasteiger partial charge < -0.3 is 9.47 Å². The summed E-state index contributed by atoms with van der Waals surface area (Å²) < 4.78 is 1.95. The van der Waals surface area contributed by atoms with Crippen molar-refractivity contribution in [3.8, 4) is 5.69 Å². The average molecular weight is 517 g/mol. The molecule has 0 atom stereocenters. The Morgan fingerprint density at radius 1 is 0.919 bits per heavy atom. The number of hydrogen-bond acceptors (Lipinski definition) is 6. The second-order valence-electron chi connectivity index (χ2n) is 9.49. The van der Waals surface area contributed by atoms with E-state index in [1.54, 1.807) is 24.3 Å². The molecular weight excluding hydrogens is 488 g/mol. The van der Waals surface area contributed by atoms with Crippen LogP contribution in [0.25, 0.3) is 11.8 Å². The summed E-state index contributed by atoms with van der Waals surface area (Å²) in [6.07, 6.45) is 4.95. The molecule has 3 heterocycles. The first-order valence-corrected chi connectivity index (χ1v) is 13.1. The molecule has 0 saturated carbocycles. The van der Waals surface area contributed by atoms with E-state index in [9.17, 15) is 19.7 Å². The fraction of sp³-hybridized carbons (Fsp3) is 0.286.